The van der Waals surface area contributed by atoms with Crippen LogP contribution in [0.5, 0.6) is 0 Å². The Balaban J connectivity index is 1.84. The molecule has 0 bridgehead atoms. The average Bonchev–Trinajstić information content (AvgIpc) is 2.64. The van der Waals surface area contributed by atoms with Crippen molar-refractivity contribution < 1.29 is 0 Å². The average molecular weight is 217 g/mol. The fourth-order valence-electron chi connectivity index (χ4n) is 1.49. The maximum absolute atomic E-state index is 5.63. The zero-order valence-electron chi connectivity index (χ0n) is 9.22. The van der Waals surface area contributed by atoms with Crippen LogP contribution >= 0.6 is 0 Å². The highest BCUT2D eigenvalue weighted by Crippen LogP contribution is 2.09. The van der Waals surface area contributed by atoms with E-state index in [0.29, 0.717) is 5.69 Å². The van der Waals surface area contributed by atoms with Crippen molar-refractivity contribution in [3.63, 3.8) is 0 Å². The van der Waals surface area contributed by atoms with Gasteiger partial charge in [0.05, 0.1) is 23.3 Å². The monoisotopic (exact) mass is 217 g/mol. The minimum atomic E-state index is 0.669. The maximum atomic E-state index is 5.63. The Hall–Kier alpha value is -2.04. The highest BCUT2D eigenvalue weighted by atomic mass is 15.2. The summed E-state index contributed by atoms with van der Waals surface area (Å²) in [5, 5.41) is 7.55. The number of anilines is 2. The Morgan fingerprint density at radius 1 is 1.44 bits per heavy atom. The van der Waals surface area contributed by atoms with Gasteiger partial charge in [0.2, 0.25) is 0 Å². The second kappa shape index (κ2) is 4.65. The molecule has 2 heterocycles. The second-order valence-corrected chi connectivity index (χ2v) is 3.66. The third-order valence-electron chi connectivity index (χ3n) is 2.24. The van der Waals surface area contributed by atoms with Gasteiger partial charge in [-0.15, -0.1) is 0 Å². The van der Waals surface area contributed by atoms with Crippen molar-refractivity contribution in [3.05, 3.63) is 36.4 Å². The largest absolute Gasteiger partial charge is 0.397 e. The Bertz CT molecular complexity index is 463. The van der Waals surface area contributed by atoms with E-state index in [1.807, 2.05) is 25.4 Å². The summed E-state index contributed by atoms with van der Waals surface area (Å²) >= 11 is 0. The molecule has 3 N–H and O–H groups in total. The molecule has 0 radical (unpaired) electrons. The molecule has 0 fully saturated rings. The molecule has 84 valence electrons. The van der Waals surface area contributed by atoms with E-state index in [4.69, 9.17) is 5.73 Å². The number of hydrogen-bond donors (Lipinski definition) is 2. The molecule has 0 aliphatic rings. The van der Waals surface area contributed by atoms with E-state index in [1.165, 1.54) is 0 Å². The number of pyridine rings is 1. The third-order valence-corrected chi connectivity index (χ3v) is 2.24. The quantitative estimate of drug-likeness (QED) is 0.803. The van der Waals surface area contributed by atoms with Gasteiger partial charge in [-0.2, -0.15) is 5.10 Å². The number of nitrogens with zero attached hydrogens (tertiary/aromatic N) is 3. The fraction of sp³-hybridized carbons (Fsp3) is 0.273. The number of aryl methyl sites for hydroxylation is 1. The van der Waals surface area contributed by atoms with E-state index in [-0.39, 0.29) is 0 Å². The Kier molecular flexibility index (Phi) is 3.05. The van der Waals surface area contributed by atoms with E-state index >= 15 is 0 Å². The predicted molar refractivity (Wildman–Crippen MR) is 64.1 cm³/mol. The number of nitrogens with two attached hydrogens (primary N) is 1. The van der Waals surface area contributed by atoms with Crippen LogP contribution in [-0.2, 0) is 13.5 Å². The zero-order chi connectivity index (χ0) is 11.4. The lowest BCUT2D eigenvalue weighted by Crippen LogP contribution is -2.06. The van der Waals surface area contributed by atoms with Crippen LogP contribution in [0.15, 0.2) is 30.7 Å². The minimum absolute atomic E-state index is 0.669. The molecule has 0 unspecified atom stereocenters. The maximum Gasteiger partial charge on any atom is 0.0642 e. The molecule has 0 saturated heterocycles. The van der Waals surface area contributed by atoms with Crippen LogP contribution in [0.1, 0.15) is 5.69 Å². The molecular weight excluding hydrogens is 202 g/mol. The Labute approximate surface area is 94.3 Å². The molecule has 2 rings (SSSR count). The van der Waals surface area contributed by atoms with Crippen LogP contribution in [0.3, 0.4) is 0 Å². The summed E-state index contributed by atoms with van der Waals surface area (Å²) < 4.78 is 1.80. The summed E-state index contributed by atoms with van der Waals surface area (Å²) in [5.74, 6) is 0. The van der Waals surface area contributed by atoms with Crippen LogP contribution < -0.4 is 11.1 Å². The van der Waals surface area contributed by atoms with Crippen LogP contribution in [0.4, 0.5) is 11.4 Å². The van der Waals surface area contributed by atoms with Crippen LogP contribution in [-0.4, -0.2) is 21.3 Å². The van der Waals surface area contributed by atoms with Crippen molar-refractivity contribution in [2.75, 3.05) is 17.6 Å². The standard InChI is InChI=1S/C11H15N5/c1-16-5-3-10(15-16)2-4-14-11-6-9(12)7-13-8-11/h3,5-8,14H,2,4,12H2,1H3. The highest BCUT2D eigenvalue weighted by molar-refractivity contribution is 5.51. The van der Waals surface area contributed by atoms with Gasteiger partial charge in [-0.05, 0) is 12.1 Å². The van der Waals surface area contributed by atoms with Gasteiger partial charge in [0.1, 0.15) is 0 Å². The number of hydrogen-bond acceptors (Lipinski definition) is 4. The van der Waals surface area contributed by atoms with Gasteiger partial charge in [-0.25, -0.2) is 0 Å². The van der Waals surface area contributed by atoms with Crippen molar-refractivity contribution in [1.82, 2.24) is 14.8 Å². The lowest BCUT2D eigenvalue weighted by Gasteiger charge is -2.04. The van der Waals surface area contributed by atoms with Crippen molar-refractivity contribution in [1.29, 1.82) is 0 Å². The van der Waals surface area contributed by atoms with E-state index in [2.05, 4.69) is 15.4 Å². The van der Waals surface area contributed by atoms with Gasteiger partial charge in [-0.1, -0.05) is 0 Å². The zero-order valence-corrected chi connectivity index (χ0v) is 9.22. The molecule has 2 aromatic rings. The molecular formula is C11H15N5. The van der Waals surface area contributed by atoms with Gasteiger partial charge < -0.3 is 11.1 Å². The van der Waals surface area contributed by atoms with Gasteiger partial charge in [-0.3, -0.25) is 9.67 Å². The summed E-state index contributed by atoms with van der Waals surface area (Å²) in [7, 11) is 1.92. The number of rotatable bonds is 4. The molecule has 5 heteroatoms. The first kappa shape index (κ1) is 10.5. The molecule has 0 spiro atoms. The first-order valence-corrected chi connectivity index (χ1v) is 5.17. The molecule has 16 heavy (non-hydrogen) atoms. The van der Waals surface area contributed by atoms with Crippen LogP contribution in [0.25, 0.3) is 0 Å². The minimum Gasteiger partial charge on any atom is -0.397 e. The van der Waals surface area contributed by atoms with E-state index in [9.17, 15) is 0 Å². The Morgan fingerprint density at radius 3 is 3.00 bits per heavy atom. The fourth-order valence-corrected chi connectivity index (χ4v) is 1.49. The molecule has 0 saturated carbocycles. The summed E-state index contributed by atoms with van der Waals surface area (Å²) in [6, 6.07) is 3.88. The number of nitrogen functional groups attached to an aromatic ring is 1. The SMILES string of the molecule is Cn1ccc(CCNc2cncc(N)c2)n1. The Morgan fingerprint density at radius 2 is 2.31 bits per heavy atom. The van der Waals surface area contributed by atoms with E-state index in [1.54, 1.807) is 17.1 Å². The highest BCUT2D eigenvalue weighted by Gasteiger charge is 1.97. The smallest absolute Gasteiger partial charge is 0.0642 e. The first-order valence-electron chi connectivity index (χ1n) is 5.17. The number of nitrogens with one attached hydrogen (secondary N) is 1. The lowest BCUT2D eigenvalue weighted by molar-refractivity contribution is 0.742. The van der Waals surface area contributed by atoms with E-state index < -0.39 is 0 Å². The molecule has 0 atom stereocenters. The molecule has 0 aliphatic carbocycles. The molecule has 0 amide bonds. The summed E-state index contributed by atoms with van der Waals surface area (Å²) in [5.41, 5.74) is 8.31. The van der Waals surface area contributed by atoms with Crippen molar-refractivity contribution >= 4 is 11.4 Å². The lowest BCUT2D eigenvalue weighted by atomic mass is 10.3. The predicted octanol–water partition coefficient (Wildman–Crippen LogP) is 1.05. The summed E-state index contributed by atoms with van der Waals surface area (Å²) in [6.07, 6.45) is 6.21. The normalized spacial score (nSPS) is 10.3. The van der Waals surface area contributed by atoms with Gasteiger partial charge in [0, 0.05) is 32.4 Å². The molecule has 0 aliphatic heterocycles. The summed E-state index contributed by atoms with van der Waals surface area (Å²) in [6.45, 7) is 0.822. The second-order valence-electron chi connectivity index (χ2n) is 3.66. The number of aromatic nitrogens is 3. The molecule has 0 aromatic carbocycles. The van der Waals surface area contributed by atoms with Gasteiger partial charge >= 0.3 is 0 Å². The molecule has 5 nitrogen and oxygen atoms in total. The van der Waals surface area contributed by atoms with Crippen molar-refractivity contribution in [3.8, 4) is 0 Å². The molecule has 2 aromatic heterocycles. The van der Waals surface area contributed by atoms with Crippen LogP contribution in [0, 0.1) is 0 Å². The van der Waals surface area contributed by atoms with E-state index in [0.717, 1.165) is 24.3 Å². The first-order chi connectivity index (χ1) is 7.74. The van der Waals surface area contributed by atoms with Crippen LogP contribution in [0.2, 0.25) is 0 Å². The summed E-state index contributed by atoms with van der Waals surface area (Å²) in [4.78, 5) is 4.01. The topological polar surface area (TPSA) is 68.8 Å². The van der Waals surface area contributed by atoms with Crippen molar-refractivity contribution in [2.45, 2.75) is 6.42 Å². The third kappa shape index (κ3) is 2.73. The van der Waals surface area contributed by atoms with Gasteiger partial charge in [0.25, 0.3) is 0 Å². The van der Waals surface area contributed by atoms with Crippen molar-refractivity contribution in [2.24, 2.45) is 7.05 Å². The van der Waals surface area contributed by atoms with Gasteiger partial charge in [0.15, 0.2) is 0 Å².